The number of rotatable bonds is 9. The summed E-state index contributed by atoms with van der Waals surface area (Å²) in [7, 11) is 0. The van der Waals surface area contributed by atoms with E-state index in [4.69, 9.17) is 9.47 Å². The lowest BCUT2D eigenvalue weighted by molar-refractivity contribution is 0.0480. The van der Waals surface area contributed by atoms with Crippen LogP contribution in [0.15, 0.2) is 66.0 Å². The van der Waals surface area contributed by atoms with Gasteiger partial charge in [0, 0.05) is 18.3 Å². The van der Waals surface area contributed by atoms with Crippen molar-refractivity contribution in [1.82, 2.24) is 4.98 Å². The van der Waals surface area contributed by atoms with Crippen LogP contribution in [0.3, 0.4) is 0 Å². The van der Waals surface area contributed by atoms with Crippen LogP contribution in [0.4, 0.5) is 5.13 Å². The van der Waals surface area contributed by atoms with E-state index in [-0.39, 0.29) is 0 Å². The third-order valence-corrected chi connectivity index (χ3v) is 4.33. The zero-order valence-electron chi connectivity index (χ0n) is 14.3. The zero-order chi connectivity index (χ0) is 18.0. The van der Waals surface area contributed by atoms with Gasteiger partial charge in [-0.15, -0.1) is 11.3 Å². The SMILES string of the molecule is O=C(OCCCOc1ccccc1)c1csc(NCc2ccccc2)n1. The fraction of sp³-hybridized carbons (Fsp3) is 0.200. The minimum Gasteiger partial charge on any atom is -0.493 e. The number of aromatic nitrogens is 1. The van der Waals surface area contributed by atoms with Crippen molar-refractivity contribution < 1.29 is 14.3 Å². The molecule has 0 aliphatic rings. The number of hydrogen-bond acceptors (Lipinski definition) is 6. The second-order valence-electron chi connectivity index (χ2n) is 5.53. The van der Waals surface area contributed by atoms with Crippen molar-refractivity contribution in [2.45, 2.75) is 13.0 Å². The first-order valence-corrected chi connectivity index (χ1v) is 9.27. The average molecular weight is 368 g/mol. The van der Waals surface area contributed by atoms with Gasteiger partial charge in [-0.2, -0.15) is 0 Å². The Morgan fingerprint density at radius 1 is 1.00 bits per heavy atom. The Labute approximate surface area is 156 Å². The molecule has 0 saturated heterocycles. The number of carbonyl (C=O) groups excluding carboxylic acids is 1. The molecule has 1 heterocycles. The van der Waals surface area contributed by atoms with E-state index in [1.165, 1.54) is 11.3 Å². The first kappa shape index (κ1) is 17.9. The summed E-state index contributed by atoms with van der Waals surface area (Å²) < 4.78 is 10.8. The molecule has 0 fully saturated rings. The molecule has 26 heavy (non-hydrogen) atoms. The van der Waals surface area contributed by atoms with Crippen molar-refractivity contribution in [2.24, 2.45) is 0 Å². The predicted molar refractivity (Wildman–Crippen MR) is 103 cm³/mol. The normalized spacial score (nSPS) is 10.3. The largest absolute Gasteiger partial charge is 0.493 e. The summed E-state index contributed by atoms with van der Waals surface area (Å²) in [5, 5.41) is 5.62. The summed E-state index contributed by atoms with van der Waals surface area (Å²) in [5.74, 6) is 0.404. The van der Waals surface area contributed by atoms with Gasteiger partial charge in [-0.25, -0.2) is 9.78 Å². The lowest BCUT2D eigenvalue weighted by atomic mass is 10.2. The molecule has 6 heteroatoms. The Balaban J connectivity index is 1.36. The molecule has 0 radical (unpaired) electrons. The van der Waals surface area contributed by atoms with Crippen LogP contribution in [0.25, 0.3) is 0 Å². The van der Waals surface area contributed by atoms with Crippen LogP contribution in [-0.2, 0) is 11.3 Å². The van der Waals surface area contributed by atoms with Gasteiger partial charge in [0.2, 0.25) is 0 Å². The molecule has 5 nitrogen and oxygen atoms in total. The minimum atomic E-state index is -0.409. The van der Waals surface area contributed by atoms with Crippen molar-refractivity contribution in [1.29, 1.82) is 0 Å². The standard InChI is InChI=1S/C20H20N2O3S/c23-19(25-13-7-12-24-17-10-5-2-6-11-17)18-15-26-20(22-18)21-14-16-8-3-1-4-9-16/h1-6,8-11,15H,7,12-14H2,(H,21,22). The second kappa shape index (κ2) is 9.58. The van der Waals surface area contributed by atoms with Gasteiger partial charge in [-0.05, 0) is 17.7 Å². The van der Waals surface area contributed by atoms with Gasteiger partial charge in [0.25, 0.3) is 0 Å². The fourth-order valence-corrected chi connectivity index (χ4v) is 2.91. The molecule has 134 valence electrons. The lowest BCUT2D eigenvalue weighted by Crippen LogP contribution is -2.10. The molecule has 1 aromatic heterocycles. The molecule has 0 bridgehead atoms. The lowest BCUT2D eigenvalue weighted by Gasteiger charge is -2.06. The van der Waals surface area contributed by atoms with Crippen LogP contribution >= 0.6 is 11.3 Å². The van der Waals surface area contributed by atoms with E-state index in [1.54, 1.807) is 5.38 Å². The smallest absolute Gasteiger partial charge is 0.357 e. The van der Waals surface area contributed by atoms with Crippen molar-refractivity contribution >= 4 is 22.4 Å². The molecular weight excluding hydrogens is 348 g/mol. The first-order chi connectivity index (χ1) is 12.8. The van der Waals surface area contributed by atoms with Crippen molar-refractivity contribution in [3.8, 4) is 5.75 Å². The molecule has 0 atom stereocenters. The molecule has 1 N–H and O–H groups in total. The fourth-order valence-electron chi connectivity index (χ4n) is 2.23. The number of esters is 1. The summed E-state index contributed by atoms with van der Waals surface area (Å²) in [5.41, 5.74) is 1.49. The van der Waals surface area contributed by atoms with Gasteiger partial charge in [-0.3, -0.25) is 0 Å². The van der Waals surface area contributed by atoms with Gasteiger partial charge in [0.1, 0.15) is 5.75 Å². The van der Waals surface area contributed by atoms with E-state index in [0.29, 0.717) is 37.0 Å². The van der Waals surface area contributed by atoms with E-state index in [2.05, 4.69) is 10.3 Å². The molecule has 0 spiro atoms. The monoisotopic (exact) mass is 368 g/mol. The summed E-state index contributed by atoms with van der Waals surface area (Å²) in [6.07, 6.45) is 0.629. The number of thiazole rings is 1. The van der Waals surface area contributed by atoms with Gasteiger partial charge in [0.15, 0.2) is 10.8 Å². The first-order valence-electron chi connectivity index (χ1n) is 8.39. The van der Waals surface area contributed by atoms with Gasteiger partial charge in [-0.1, -0.05) is 48.5 Å². The highest BCUT2D eigenvalue weighted by molar-refractivity contribution is 7.13. The molecule has 0 aliphatic carbocycles. The van der Waals surface area contributed by atoms with E-state index < -0.39 is 5.97 Å². The highest BCUT2D eigenvalue weighted by atomic mass is 32.1. The van der Waals surface area contributed by atoms with Crippen LogP contribution in [0, 0.1) is 0 Å². The van der Waals surface area contributed by atoms with Gasteiger partial charge < -0.3 is 14.8 Å². The molecule has 0 aliphatic heterocycles. The highest BCUT2D eigenvalue weighted by Crippen LogP contribution is 2.17. The number of benzene rings is 2. The number of ether oxygens (including phenoxy) is 2. The predicted octanol–water partition coefficient (Wildman–Crippen LogP) is 4.38. The third kappa shape index (κ3) is 5.60. The van der Waals surface area contributed by atoms with E-state index in [9.17, 15) is 4.79 Å². The van der Waals surface area contributed by atoms with Gasteiger partial charge in [0.05, 0.1) is 13.2 Å². The summed E-state index contributed by atoms with van der Waals surface area (Å²) in [4.78, 5) is 16.3. The molecule has 3 rings (SSSR count). The van der Waals surface area contributed by atoms with E-state index >= 15 is 0 Å². The number of anilines is 1. The molecular formula is C20H20N2O3S. The number of nitrogens with zero attached hydrogens (tertiary/aromatic N) is 1. The Morgan fingerprint density at radius 3 is 2.50 bits per heavy atom. The maximum Gasteiger partial charge on any atom is 0.357 e. The minimum absolute atomic E-state index is 0.302. The molecule has 0 unspecified atom stereocenters. The number of nitrogens with one attached hydrogen (secondary N) is 1. The maximum atomic E-state index is 12.0. The quantitative estimate of drug-likeness (QED) is 0.449. The Morgan fingerprint density at radius 2 is 1.73 bits per heavy atom. The molecule has 3 aromatic rings. The molecule has 2 aromatic carbocycles. The van der Waals surface area contributed by atoms with Crippen molar-refractivity contribution in [3.05, 3.63) is 77.3 Å². The topological polar surface area (TPSA) is 60.5 Å². The maximum absolute atomic E-state index is 12.0. The van der Waals surface area contributed by atoms with Crippen molar-refractivity contribution in [3.63, 3.8) is 0 Å². The van der Waals surface area contributed by atoms with Crippen LogP contribution in [0.2, 0.25) is 0 Å². The van der Waals surface area contributed by atoms with Crippen LogP contribution < -0.4 is 10.1 Å². The number of para-hydroxylation sites is 1. The average Bonchev–Trinajstić information content (AvgIpc) is 3.17. The van der Waals surface area contributed by atoms with Crippen molar-refractivity contribution in [2.75, 3.05) is 18.5 Å². The van der Waals surface area contributed by atoms with Crippen LogP contribution in [-0.4, -0.2) is 24.2 Å². The van der Waals surface area contributed by atoms with Crippen LogP contribution in [0.1, 0.15) is 22.5 Å². The van der Waals surface area contributed by atoms with E-state index in [0.717, 1.165) is 11.3 Å². The Bertz CT molecular complexity index is 806. The second-order valence-corrected chi connectivity index (χ2v) is 6.39. The Hall–Kier alpha value is -2.86. The van der Waals surface area contributed by atoms with Crippen LogP contribution in [0.5, 0.6) is 5.75 Å². The van der Waals surface area contributed by atoms with E-state index in [1.807, 2.05) is 60.7 Å². The summed E-state index contributed by atoms with van der Waals surface area (Å²) >= 11 is 1.39. The summed E-state index contributed by atoms with van der Waals surface area (Å²) in [6, 6.07) is 19.6. The highest BCUT2D eigenvalue weighted by Gasteiger charge is 2.12. The molecule has 0 amide bonds. The number of carbonyl (C=O) groups is 1. The third-order valence-electron chi connectivity index (χ3n) is 3.53. The zero-order valence-corrected chi connectivity index (χ0v) is 15.1. The number of hydrogen-bond donors (Lipinski definition) is 1. The molecule has 0 saturated carbocycles. The van der Waals surface area contributed by atoms with Gasteiger partial charge >= 0.3 is 5.97 Å². The summed E-state index contributed by atoms with van der Waals surface area (Å²) in [6.45, 7) is 1.47. The Kier molecular flexibility index (Phi) is 6.61.